The molecule has 4 rings (SSSR count). The molecule has 6 nitrogen and oxygen atoms in total. The van der Waals surface area contributed by atoms with E-state index in [1.54, 1.807) is 25.1 Å². The smallest absolute Gasteiger partial charge is 0.254 e. The molecule has 0 aliphatic rings. The highest BCUT2D eigenvalue weighted by atomic mass is 16.4. The fraction of sp³-hybridized carbons (Fsp3) is 0.174. The number of furan rings is 1. The van der Waals surface area contributed by atoms with Gasteiger partial charge in [-0.05, 0) is 60.0 Å². The molecule has 2 aromatic heterocycles. The lowest BCUT2D eigenvalue weighted by molar-refractivity contribution is 0.0775. The normalized spacial score (nSPS) is 10.9. The Morgan fingerprint density at radius 2 is 1.76 bits per heavy atom. The summed E-state index contributed by atoms with van der Waals surface area (Å²) >= 11 is 0. The number of aryl methyl sites for hydroxylation is 2. The lowest BCUT2D eigenvalue weighted by Crippen LogP contribution is -2.25. The van der Waals surface area contributed by atoms with Gasteiger partial charge in [-0.15, -0.1) is 10.2 Å². The molecule has 29 heavy (non-hydrogen) atoms. The van der Waals surface area contributed by atoms with E-state index in [0.29, 0.717) is 23.9 Å². The molecule has 0 spiro atoms. The predicted octanol–water partition coefficient (Wildman–Crippen LogP) is 4.89. The summed E-state index contributed by atoms with van der Waals surface area (Å²) in [5.41, 5.74) is 4.69. The SMILES string of the molecule is Cc1nnc(-c2ccc(C)c(-c3ccc(C(=O)N(C)Cc4ccco4)cc3)c2)o1. The second kappa shape index (κ2) is 7.75. The van der Waals surface area contributed by atoms with Crippen molar-refractivity contribution in [3.05, 3.63) is 83.6 Å². The molecular formula is C23H21N3O3. The minimum absolute atomic E-state index is 0.0558. The van der Waals surface area contributed by atoms with Gasteiger partial charge in [0.15, 0.2) is 0 Å². The first-order valence-corrected chi connectivity index (χ1v) is 9.30. The van der Waals surface area contributed by atoms with Gasteiger partial charge in [-0.1, -0.05) is 18.2 Å². The third kappa shape index (κ3) is 3.96. The van der Waals surface area contributed by atoms with Crippen molar-refractivity contribution in [1.82, 2.24) is 15.1 Å². The Hall–Kier alpha value is -3.67. The molecule has 0 aliphatic carbocycles. The molecule has 0 atom stereocenters. The first-order valence-electron chi connectivity index (χ1n) is 9.30. The molecule has 2 heterocycles. The van der Waals surface area contributed by atoms with Gasteiger partial charge in [-0.3, -0.25) is 4.79 Å². The van der Waals surface area contributed by atoms with Gasteiger partial charge in [0, 0.05) is 25.1 Å². The van der Waals surface area contributed by atoms with Crippen LogP contribution in [0.5, 0.6) is 0 Å². The van der Waals surface area contributed by atoms with Gasteiger partial charge in [0.1, 0.15) is 5.76 Å². The molecule has 0 saturated heterocycles. The number of benzene rings is 2. The maximum absolute atomic E-state index is 12.7. The zero-order valence-electron chi connectivity index (χ0n) is 16.5. The van der Waals surface area contributed by atoms with Crippen molar-refractivity contribution in [2.75, 3.05) is 7.05 Å². The Morgan fingerprint density at radius 3 is 2.41 bits per heavy atom. The zero-order chi connectivity index (χ0) is 20.4. The van der Waals surface area contributed by atoms with Crippen LogP contribution in [0.3, 0.4) is 0 Å². The molecule has 0 bridgehead atoms. The second-order valence-electron chi connectivity index (χ2n) is 6.97. The molecular weight excluding hydrogens is 366 g/mol. The molecule has 0 radical (unpaired) electrons. The third-order valence-electron chi connectivity index (χ3n) is 4.77. The number of amides is 1. The van der Waals surface area contributed by atoms with Crippen molar-refractivity contribution in [3.8, 4) is 22.6 Å². The molecule has 2 aromatic carbocycles. The third-order valence-corrected chi connectivity index (χ3v) is 4.77. The Kier molecular flexibility index (Phi) is 4.99. The first-order chi connectivity index (χ1) is 14.0. The van der Waals surface area contributed by atoms with E-state index < -0.39 is 0 Å². The summed E-state index contributed by atoms with van der Waals surface area (Å²) in [4.78, 5) is 14.3. The average molecular weight is 387 g/mol. The maximum atomic E-state index is 12.7. The summed E-state index contributed by atoms with van der Waals surface area (Å²) in [5, 5.41) is 7.99. The quantitative estimate of drug-likeness (QED) is 0.488. The zero-order valence-corrected chi connectivity index (χ0v) is 16.5. The van der Waals surface area contributed by atoms with Crippen LogP contribution in [0.15, 0.2) is 69.7 Å². The van der Waals surface area contributed by atoms with Crippen molar-refractivity contribution in [3.63, 3.8) is 0 Å². The lowest BCUT2D eigenvalue weighted by Gasteiger charge is -2.16. The van der Waals surface area contributed by atoms with Crippen LogP contribution in [0.2, 0.25) is 0 Å². The average Bonchev–Trinajstić information content (AvgIpc) is 3.40. The number of hydrogen-bond donors (Lipinski definition) is 0. The van der Waals surface area contributed by atoms with Gasteiger partial charge < -0.3 is 13.7 Å². The van der Waals surface area contributed by atoms with Gasteiger partial charge in [-0.2, -0.15) is 0 Å². The van der Waals surface area contributed by atoms with E-state index in [4.69, 9.17) is 8.83 Å². The fourth-order valence-electron chi connectivity index (χ4n) is 3.20. The summed E-state index contributed by atoms with van der Waals surface area (Å²) < 4.78 is 10.9. The summed E-state index contributed by atoms with van der Waals surface area (Å²) in [6, 6.07) is 17.3. The lowest BCUT2D eigenvalue weighted by atomic mass is 9.97. The van der Waals surface area contributed by atoms with Gasteiger partial charge in [0.2, 0.25) is 11.8 Å². The number of rotatable bonds is 5. The van der Waals surface area contributed by atoms with E-state index in [2.05, 4.69) is 10.2 Å². The molecule has 0 fully saturated rings. The van der Waals surface area contributed by atoms with E-state index in [0.717, 1.165) is 28.0 Å². The van der Waals surface area contributed by atoms with Crippen molar-refractivity contribution in [2.45, 2.75) is 20.4 Å². The number of nitrogens with zero attached hydrogens (tertiary/aromatic N) is 3. The Morgan fingerprint density at radius 1 is 1.00 bits per heavy atom. The van der Waals surface area contributed by atoms with Crippen LogP contribution in [0, 0.1) is 13.8 Å². The van der Waals surface area contributed by atoms with Gasteiger partial charge in [0.25, 0.3) is 5.91 Å². The largest absolute Gasteiger partial charge is 0.467 e. The summed E-state index contributed by atoms with van der Waals surface area (Å²) in [7, 11) is 1.76. The summed E-state index contributed by atoms with van der Waals surface area (Å²) in [6.07, 6.45) is 1.61. The van der Waals surface area contributed by atoms with Crippen LogP contribution >= 0.6 is 0 Å². The highest BCUT2D eigenvalue weighted by Gasteiger charge is 2.14. The minimum atomic E-state index is -0.0558. The topological polar surface area (TPSA) is 72.4 Å². The van der Waals surface area contributed by atoms with Crippen molar-refractivity contribution < 1.29 is 13.6 Å². The van der Waals surface area contributed by atoms with Crippen LogP contribution in [0.4, 0.5) is 0 Å². The van der Waals surface area contributed by atoms with Crippen LogP contribution in [0.1, 0.15) is 27.6 Å². The summed E-state index contributed by atoms with van der Waals surface area (Å²) in [5.74, 6) is 1.72. The van der Waals surface area contributed by atoms with Crippen LogP contribution in [0.25, 0.3) is 22.6 Å². The van der Waals surface area contributed by atoms with Gasteiger partial charge >= 0.3 is 0 Å². The van der Waals surface area contributed by atoms with Crippen LogP contribution in [-0.4, -0.2) is 28.1 Å². The van der Waals surface area contributed by atoms with Crippen molar-refractivity contribution in [1.29, 1.82) is 0 Å². The van der Waals surface area contributed by atoms with Gasteiger partial charge in [-0.25, -0.2) is 0 Å². The van der Waals surface area contributed by atoms with E-state index in [1.165, 1.54) is 0 Å². The van der Waals surface area contributed by atoms with E-state index in [9.17, 15) is 4.79 Å². The molecule has 1 amide bonds. The summed E-state index contributed by atoms with van der Waals surface area (Å²) in [6.45, 7) is 4.25. The minimum Gasteiger partial charge on any atom is -0.467 e. The monoisotopic (exact) mass is 387 g/mol. The van der Waals surface area contributed by atoms with E-state index >= 15 is 0 Å². The predicted molar refractivity (Wildman–Crippen MR) is 109 cm³/mol. The first kappa shape index (κ1) is 18.7. The number of hydrogen-bond acceptors (Lipinski definition) is 5. The number of carbonyl (C=O) groups excluding carboxylic acids is 1. The molecule has 146 valence electrons. The van der Waals surface area contributed by atoms with E-state index in [-0.39, 0.29) is 5.91 Å². The highest BCUT2D eigenvalue weighted by Crippen LogP contribution is 2.29. The fourth-order valence-corrected chi connectivity index (χ4v) is 3.20. The Balaban J connectivity index is 1.57. The molecule has 4 aromatic rings. The second-order valence-corrected chi connectivity index (χ2v) is 6.97. The molecule has 0 saturated carbocycles. The molecule has 0 unspecified atom stereocenters. The number of aromatic nitrogens is 2. The van der Waals surface area contributed by atoms with Crippen molar-refractivity contribution >= 4 is 5.91 Å². The highest BCUT2D eigenvalue weighted by molar-refractivity contribution is 5.94. The standard InChI is InChI=1S/C23H21N3O3/c1-15-6-7-19(22-25-24-16(2)29-22)13-21(15)17-8-10-18(11-9-17)23(27)26(3)14-20-5-4-12-28-20/h4-13H,14H2,1-3H3. The van der Waals surface area contributed by atoms with Gasteiger partial charge in [0.05, 0.1) is 12.8 Å². The molecule has 0 N–H and O–H groups in total. The Labute approximate surface area is 168 Å². The van der Waals surface area contributed by atoms with E-state index in [1.807, 2.05) is 61.5 Å². The Bertz CT molecular complexity index is 1130. The maximum Gasteiger partial charge on any atom is 0.254 e. The molecule has 0 aliphatic heterocycles. The van der Waals surface area contributed by atoms with Crippen LogP contribution in [-0.2, 0) is 6.54 Å². The number of carbonyl (C=O) groups is 1. The van der Waals surface area contributed by atoms with Crippen molar-refractivity contribution in [2.24, 2.45) is 0 Å². The van der Waals surface area contributed by atoms with Crippen LogP contribution < -0.4 is 0 Å². The molecule has 6 heteroatoms.